The van der Waals surface area contributed by atoms with Crippen LogP contribution in [-0.2, 0) is 4.74 Å². The molecule has 0 aliphatic heterocycles. The summed E-state index contributed by atoms with van der Waals surface area (Å²) < 4.78 is 20.3. The second-order valence-corrected chi connectivity index (χ2v) is 7.69. The van der Waals surface area contributed by atoms with Crippen LogP contribution in [0.3, 0.4) is 0 Å². The third kappa shape index (κ3) is 4.31. The number of carbonyl (C=O) groups is 1. The second kappa shape index (κ2) is 8.88. The Kier molecular flexibility index (Phi) is 6.02. The Morgan fingerprint density at radius 1 is 1.16 bits per heavy atom. The summed E-state index contributed by atoms with van der Waals surface area (Å²) in [5, 5.41) is 9.09. The molecule has 1 amide bonds. The molecule has 31 heavy (non-hydrogen) atoms. The molecule has 1 N–H and O–H groups in total. The van der Waals surface area contributed by atoms with E-state index in [0.717, 1.165) is 10.9 Å². The molecule has 4 rings (SSSR count). The molecule has 158 valence electrons. The third-order valence-electron chi connectivity index (χ3n) is 4.94. The summed E-state index contributed by atoms with van der Waals surface area (Å²) in [4.78, 5) is 12.7. The van der Waals surface area contributed by atoms with Gasteiger partial charge >= 0.3 is 0 Å². The van der Waals surface area contributed by atoms with Crippen LogP contribution < -0.4 is 5.32 Å². The van der Waals surface area contributed by atoms with Crippen LogP contribution in [-0.4, -0.2) is 35.4 Å². The number of methoxy groups -OCH3 is 1. The Balaban J connectivity index is 1.86. The van der Waals surface area contributed by atoms with Gasteiger partial charge in [-0.1, -0.05) is 29.8 Å². The SMILES string of the molecule is COCC(C)NC(=O)c1ccc2c(-c3ccccc3Cl)nn(-c3ccc(F)cc3)c2c1. The molecule has 4 aromatic rings. The molecule has 1 aromatic heterocycles. The number of rotatable bonds is 6. The minimum absolute atomic E-state index is 0.131. The van der Waals surface area contributed by atoms with Gasteiger partial charge < -0.3 is 10.1 Å². The maximum Gasteiger partial charge on any atom is 0.251 e. The number of nitrogens with zero attached hydrogens (tertiary/aromatic N) is 2. The fraction of sp³-hybridized carbons (Fsp3) is 0.167. The van der Waals surface area contributed by atoms with Crippen LogP contribution >= 0.6 is 11.6 Å². The highest BCUT2D eigenvalue weighted by Crippen LogP contribution is 2.34. The van der Waals surface area contributed by atoms with E-state index < -0.39 is 0 Å². The van der Waals surface area contributed by atoms with Crippen LogP contribution in [0.15, 0.2) is 66.7 Å². The van der Waals surface area contributed by atoms with E-state index in [1.165, 1.54) is 12.1 Å². The van der Waals surface area contributed by atoms with Gasteiger partial charge in [-0.2, -0.15) is 5.10 Å². The van der Waals surface area contributed by atoms with E-state index in [0.29, 0.717) is 34.1 Å². The van der Waals surface area contributed by atoms with E-state index in [-0.39, 0.29) is 17.8 Å². The lowest BCUT2D eigenvalue weighted by Gasteiger charge is -2.13. The van der Waals surface area contributed by atoms with E-state index in [4.69, 9.17) is 21.4 Å². The van der Waals surface area contributed by atoms with E-state index in [2.05, 4.69) is 5.32 Å². The standard InChI is InChI=1S/C24H21ClFN3O2/c1-15(14-31-2)27-24(30)16-7-12-20-22(13-16)29(18-10-8-17(26)9-11-18)28-23(20)19-5-3-4-6-21(19)25/h3-13,15H,14H2,1-2H3,(H,27,30). The zero-order valence-corrected chi connectivity index (χ0v) is 17.9. The fourth-order valence-electron chi connectivity index (χ4n) is 3.49. The van der Waals surface area contributed by atoms with Crippen molar-refractivity contribution in [2.45, 2.75) is 13.0 Å². The molecule has 1 heterocycles. The number of halogens is 2. The molecule has 0 fully saturated rings. The van der Waals surface area contributed by atoms with Gasteiger partial charge in [-0.05, 0) is 55.5 Å². The predicted octanol–water partition coefficient (Wildman–Crippen LogP) is 5.25. The maximum absolute atomic E-state index is 13.5. The topological polar surface area (TPSA) is 56.1 Å². The number of fused-ring (bicyclic) bond motifs is 1. The molecule has 0 saturated carbocycles. The van der Waals surface area contributed by atoms with Crippen molar-refractivity contribution in [1.82, 2.24) is 15.1 Å². The number of hydrogen-bond acceptors (Lipinski definition) is 3. The highest BCUT2D eigenvalue weighted by atomic mass is 35.5. The lowest BCUT2D eigenvalue weighted by atomic mass is 10.1. The highest BCUT2D eigenvalue weighted by molar-refractivity contribution is 6.33. The third-order valence-corrected chi connectivity index (χ3v) is 5.27. The Morgan fingerprint density at radius 3 is 2.61 bits per heavy atom. The quantitative estimate of drug-likeness (QED) is 0.448. The Morgan fingerprint density at radius 2 is 1.90 bits per heavy atom. The maximum atomic E-state index is 13.5. The molecule has 3 aromatic carbocycles. The smallest absolute Gasteiger partial charge is 0.251 e. The van der Waals surface area contributed by atoms with Crippen molar-refractivity contribution in [1.29, 1.82) is 0 Å². The van der Waals surface area contributed by atoms with Gasteiger partial charge in [-0.25, -0.2) is 9.07 Å². The minimum Gasteiger partial charge on any atom is -0.383 e. The summed E-state index contributed by atoms with van der Waals surface area (Å²) >= 11 is 6.43. The van der Waals surface area contributed by atoms with Crippen LogP contribution in [0, 0.1) is 5.82 Å². The molecule has 7 heteroatoms. The minimum atomic E-state index is -0.335. The van der Waals surface area contributed by atoms with Gasteiger partial charge in [-0.15, -0.1) is 0 Å². The normalized spacial score (nSPS) is 12.1. The average molecular weight is 438 g/mol. The molecule has 0 radical (unpaired) electrons. The summed E-state index contributed by atoms with van der Waals surface area (Å²) in [6.45, 7) is 2.29. The molecule has 1 unspecified atom stereocenters. The van der Waals surface area contributed by atoms with Crippen LogP contribution in [0.25, 0.3) is 27.8 Å². The van der Waals surface area contributed by atoms with Gasteiger partial charge in [0.2, 0.25) is 0 Å². The van der Waals surface area contributed by atoms with E-state index >= 15 is 0 Å². The zero-order chi connectivity index (χ0) is 22.0. The number of ether oxygens (including phenoxy) is 1. The molecule has 0 spiro atoms. The highest BCUT2D eigenvalue weighted by Gasteiger charge is 2.18. The first kappa shape index (κ1) is 21.0. The van der Waals surface area contributed by atoms with Crippen molar-refractivity contribution in [2.75, 3.05) is 13.7 Å². The molecular formula is C24H21ClFN3O2. The number of hydrogen-bond donors (Lipinski definition) is 1. The lowest BCUT2D eigenvalue weighted by molar-refractivity contribution is 0.0905. The van der Waals surface area contributed by atoms with E-state index in [9.17, 15) is 9.18 Å². The van der Waals surface area contributed by atoms with Gasteiger partial charge in [0.1, 0.15) is 11.5 Å². The van der Waals surface area contributed by atoms with Crippen molar-refractivity contribution >= 4 is 28.4 Å². The summed E-state index contributed by atoms with van der Waals surface area (Å²) in [5.74, 6) is -0.545. The average Bonchev–Trinajstić information content (AvgIpc) is 3.13. The van der Waals surface area contributed by atoms with Gasteiger partial charge in [0, 0.05) is 29.7 Å². The van der Waals surface area contributed by atoms with Gasteiger partial charge in [-0.3, -0.25) is 4.79 Å². The van der Waals surface area contributed by atoms with Gasteiger partial charge in [0.15, 0.2) is 0 Å². The predicted molar refractivity (Wildman–Crippen MR) is 120 cm³/mol. The number of aromatic nitrogens is 2. The monoisotopic (exact) mass is 437 g/mol. The summed E-state index contributed by atoms with van der Waals surface area (Å²) in [6, 6.07) is 18.8. The summed E-state index contributed by atoms with van der Waals surface area (Å²) in [7, 11) is 1.59. The first-order valence-electron chi connectivity index (χ1n) is 9.81. The van der Waals surface area contributed by atoms with E-state index in [1.54, 1.807) is 42.1 Å². The van der Waals surface area contributed by atoms with Crippen LogP contribution in [0.4, 0.5) is 4.39 Å². The molecule has 1 atom stereocenters. The van der Waals surface area contributed by atoms with Crippen LogP contribution in [0.2, 0.25) is 5.02 Å². The molecule has 0 aliphatic carbocycles. The number of carbonyl (C=O) groups excluding carboxylic acids is 1. The van der Waals surface area contributed by atoms with Crippen LogP contribution in [0.5, 0.6) is 0 Å². The van der Waals surface area contributed by atoms with Crippen molar-refractivity contribution in [3.63, 3.8) is 0 Å². The molecule has 0 bridgehead atoms. The number of nitrogens with one attached hydrogen (secondary N) is 1. The second-order valence-electron chi connectivity index (χ2n) is 7.28. The number of benzene rings is 3. The zero-order valence-electron chi connectivity index (χ0n) is 17.1. The lowest BCUT2D eigenvalue weighted by Crippen LogP contribution is -2.35. The largest absolute Gasteiger partial charge is 0.383 e. The van der Waals surface area contributed by atoms with E-state index in [1.807, 2.05) is 31.2 Å². The fourth-order valence-corrected chi connectivity index (χ4v) is 3.71. The molecular weight excluding hydrogens is 417 g/mol. The van der Waals surface area contributed by atoms with Gasteiger partial charge in [0.25, 0.3) is 5.91 Å². The Hall–Kier alpha value is -3.22. The summed E-state index contributed by atoms with van der Waals surface area (Å²) in [5.41, 5.74) is 3.35. The van der Waals surface area contributed by atoms with Crippen molar-refractivity contribution < 1.29 is 13.9 Å². The first-order chi connectivity index (χ1) is 15.0. The number of amides is 1. The molecule has 0 saturated heterocycles. The molecule has 0 aliphatic rings. The van der Waals surface area contributed by atoms with Crippen molar-refractivity contribution in [2.24, 2.45) is 0 Å². The van der Waals surface area contributed by atoms with Crippen molar-refractivity contribution in [3.05, 3.63) is 83.1 Å². The van der Waals surface area contributed by atoms with Crippen molar-refractivity contribution in [3.8, 4) is 16.9 Å². The first-order valence-corrected chi connectivity index (χ1v) is 10.2. The van der Waals surface area contributed by atoms with Gasteiger partial charge in [0.05, 0.1) is 22.8 Å². The Bertz CT molecular complexity index is 1240. The van der Waals surface area contributed by atoms with Crippen LogP contribution in [0.1, 0.15) is 17.3 Å². The summed E-state index contributed by atoms with van der Waals surface area (Å²) in [6.07, 6.45) is 0. The Labute approximate surface area is 184 Å². The molecule has 5 nitrogen and oxygen atoms in total.